The first-order chi connectivity index (χ1) is 12.7. The second-order valence-electron chi connectivity index (χ2n) is 6.47. The van der Waals surface area contributed by atoms with Gasteiger partial charge in [0.25, 0.3) is 0 Å². The van der Waals surface area contributed by atoms with E-state index in [0.717, 1.165) is 27.5 Å². The molecular weight excluding hydrogens is 323 g/mol. The molecule has 0 saturated carbocycles. The van der Waals surface area contributed by atoms with Crippen LogP contribution < -0.4 is 5.46 Å². The van der Waals surface area contributed by atoms with Gasteiger partial charge in [-0.15, -0.1) is 0 Å². The smallest absolute Gasteiger partial charge is 0.456 e. The summed E-state index contributed by atoms with van der Waals surface area (Å²) < 4.78 is 5.88. The Morgan fingerprint density at radius 3 is 2.27 bits per heavy atom. The minimum absolute atomic E-state index is 0.455. The summed E-state index contributed by atoms with van der Waals surface area (Å²) in [6.45, 7) is 0. The van der Waals surface area contributed by atoms with Crippen LogP contribution in [0.1, 0.15) is 0 Å². The van der Waals surface area contributed by atoms with Crippen LogP contribution in [0.15, 0.2) is 83.3 Å². The molecule has 0 aliphatic carbocycles. The van der Waals surface area contributed by atoms with Crippen LogP contribution in [0.2, 0.25) is 0 Å². The zero-order valence-electron chi connectivity index (χ0n) is 13.9. The van der Waals surface area contributed by atoms with Gasteiger partial charge in [-0.2, -0.15) is 0 Å². The predicted molar refractivity (Wildman–Crippen MR) is 106 cm³/mol. The normalized spacial score (nSPS) is 11.5. The molecule has 0 bridgehead atoms. The van der Waals surface area contributed by atoms with Crippen molar-refractivity contribution in [2.45, 2.75) is 0 Å². The molecular formula is C22H15BO3. The summed E-state index contributed by atoms with van der Waals surface area (Å²) in [6.07, 6.45) is 0. The number of hydrogen-bond donors (Lipinski definition) is 2. The summed E-state index contributed by atoms with van der Waals surface area (Å²) in [4.78, 5) is 0. The molecule has 1 heterocycles. The van der Waals surface area contributed by atoms with Gasteiger partial charge in [-0.05, 0) is 51.6 Å². The van der Waals surface area contributed by atoms with Crippen molar-refractivity contribution in [2.24, 2.45) is 0 Å². The van der Waals surface area contributed by atoms with Gasteiger partial charge in [-0.3, -0.25) is 0 Å². The van der Waals surface area contributed by atoms with E-state index in [9.17, 15) is 10.0 Å². The molecule has 0 amide bonds. The molecule has 0 saturated heterocycles. The topological polar surface area (TPSA) is 53.6 Å². The second kappa shape index (κ2) is 5.73. The highest BCUT2D eigenvalue weighted by atomic mass is 16.4. The molecule has 5 aromatic rings. The number of hydrogen-bond acceptors (Lipinski definition) is 3. The Bertz CT molecular complexity index is 1270. The molecule has 5 rings (SSSR count). The van der Waals surface area contributed by atoms with E-state index in [1.165, 1.54) is 10.8 Å². The molecule has 0 spiro atoms. The maximum absolute atomic E-state index is 9.72. The third kappa shape index (κ3) is 2.31. The molecule has 4 aromatic carbocycles. The molecule has 0 fully saturated rings. The van der Waals surface area contributed by atoms with Crippen molar-refractivity contribution in [2.75, 3.05) is 0 Å². The highest BCUT2D eigenvalue weighted by Gasteiger charge is 2.19. The Hall–Kier alpha value is -3.08. The molecule has 0 atom stereocenters. The Balaban J connectivity index is 1.77. The lowest BCUT2D eigenvalue weighted by Crippen LogP contribution is -2.30. The average molecular weight is 338 g/mol. The lowest BCUT2D eigenvalue weighted by atomic mass is 9.77. The Labute approximate surface area is 150 Å². The quantitative estimate of drug-likeness (QED) is 0.477. The van der Waals surface area contributed by atoms with E-state index in [4.69, 9.17) is 4.42 Å². The van der Waals surface area contributed by atoms with Crippen molar-refractivity contribution in [3.8, 4) is 11.1 Å². The summed E-state index contributed by atoms with van der Waals surface area (Å²) in [5.74, 6) is 0. The number of rotatable bonds is 2. The second-order valence-corrected chi connectivity index (χ2v) is 6.47. The van der Waals surface area contributed by atoms with E-state index in [1.807, 2.05) is 30.3 Å². The lowest BCUT2D eigenvalue weighted by Gasteiger charge is -2.05. The molecule has 0 aliphatic rings. The summed E-state index contributed by atoms with van der Waals surface area (Å²) in [7, 11) is -1.54. The van der Waals surface area contributed by atoms with Crippen LogP contribution in [-0.4, -0.2) is 17.2 Å². The van der Waals surface area contributed by atoms with Crippen molar-refractivity contribution in [1.82, 2.24) is 0 Å². The summed E-state index contributed by atoms with van der Waals surface area (Å²) in [5, 5.41) is 23.5. The van der Waals surface area contributed by atoms with Crippen molar-refractivity contribution >= 4 is 45.3 Å². The van der Waals surface area contributed by atoms with E-state index in [0.29, 0.717) is 11.0 Å². The monoisotopic (exact) mass is 338 g/mol. The lowest BCUT2D eigenvalue weighted by molar-refractivity contribution is 0.426. The van der Waals surface area contributed by atoms with Crippen LogP contribution in [0.3, 0.4) is 0 Å². The number of benzene rings is 4. The van der Waals surface area contributed by atoms with Gasteiger partial charge in [0.15, 0.2) is 0 Å². The zero-order chi connectivity index (χ0) is 17.7. The fraction of sp³-hybridized carbons (Fsp3) is 0. The Morgan fingerprint density at radius 1 is 0.654 bits per heavy atom. The van der Waals surface area contributed by atoms with Crippen molar-refractivity contribution < 1.29 is 14.5 Å². The van der Waals surface area contributed by atoms with E-state index in [2.05, 4.69) is 36.4 Å². The molecule has 0 radical (unpaired) electrons. The minimum atomic E-state index is -1.54. The molecule has 4 heteroatoms. The Morgan fingerprint density at radius 2 is 1.42 bits per heavy atom. The van der Waals surface area contributed by atoms with Gasteiger partial charge in [-0.1, -0.05) is 54.6 Å². The standard InChI is InChI=1S/C22H15BO3/c24-23(25)19-6-3-7-21-22(19)18-13-17(10-11-20(18)26-21)16-9-8-14-4-1-2-5-15(14)12-16/h1-13,24-25H. The van der Waals surface area contributed by atoms with E-state index < -0.39 is 7.12 Å². The molecule has 0 aliphatic heterocycles. The van der Waals surface area contributed by atoms with Crippen LogP contribution >= 0.6 is 0 Å². The highest BCUT2D eigenvalue weighted by Crippen LogP contribution is 2.32. The van der Waals surface area contributed by atoms with Gasteiger partial charge < -0.3 is 14.5 Å². The van der Waals surface area contributed by atoms with E-state index in [-0.39, 0.29) is 0 Å². The van der Waals surface area contributed by atoms with Crippen LogP contribution in [-0.2, 0) is 0 Å². The first-order valence-electron chi connectivity index (χ1n) is 8.51. The fourth-order valence-corrected chi connectivity index (χ4v) is 3.62. The predicted octanol–water partition coefficient (Wildman–Crippen LogP) is 4.09. The van der Waals surface area contributed by atoms with Crippen LogP contribution in [0.4, 0.5) is 0 Å². The van der Waals surface area contributed by atoms with Gasteiger partial charge in [-0.25, -0.2) is 0 Å². The third-order valence-corrected chi connectivity index (χ3v) is 4.89. The number of fused-ring (bicyclic) bond motifs is 4. The van der Waals surface area contributed by atoms with Crippen molar-refractivity contribution in [3.63, 3.8) is 0 Å². The molecule has 3 nitrogen and oxygen atoms in total. The molecule has 124 valence electrons. The van der Waals surface area contributed by atoms with Gasteiger partial charge in [0.05, 0.1) is 0 Å². The van der Waals surface area contributed by atoms with E-state index in [1.54, 1.807) is 12.1 Å². The first-order valence-corrected chi connectivity index (χ1v) is 8.51. The van der Waals surface area contributed by atoms with E-state index >= 15 is 0 Å². The molecule has 2 N–H and O–H groups in total. The van der Waals surface area contributed by atoms with Crippen molar-refractivity contribution in [1.29, 1.82) is 0 Å². The van der Waals surface area contributed by atoms with Crippen molar-refractivity contribution in [3.05, 3.63) is 78.9 Å². The zero-order valence-corrected chi connectivity index (χ0v) is 13.9. The van der Waals surface area contributed by atoms with Gasteiger partial charge >= 0.3 is 7.12 Å². The number of furan rings is 1. The van der Waals surface area contributed by atoms with Crippen LogP contribution in [0, 0.1) is 0 Å². The SMILES string of the molecule is OB(O)c1cccc2oc3ccc(-c4ccc5ccccc5c4)cc3c12. The Kier molecular flexibility index (Phi) is 3.35. The summed E-state index contributed by atoms with van der Waals surface area (Å²) in [5.41, 5.74) is 4.02. The first kappa shape index (κ1) is 15.2. The summed E-state index contributed by atoms with van der Waals surface area (Å²) >= 11 is 0. The molecule has 1 aromatic heterocycles. The van der Waals surface area contributed by atoms with Gasteiger partial charge in [0.1, 0.15) is 11.2 Å². The van der Waals surface area contributed by atoms with Crippen LogP contribution in [0.5, 0.6) is 0 Å². The maximum Gasteiger partial charge on any atom is 0.489 e. The molecule has 0 unspecified atom stereocenters. The fourth-order valence-electron chi connectivity index (χ4n) is 3.62. The average Bonchev–Trinajstić information content (AvgIpc) is 3.05. The maximum atomic E-state index is 9.72. The molecule has 26 heavy (non-hydrogen) atoms. The van der Waals surface area contributed by atoms with Gasteiger partial charge in [0.2, 0.25) is 0 Å². The van der Waals surface area contributed by atoms with Gasteiger partial charge in [0, 0.05) is 10.8 Å². The third-order valence-electron chi connectivity index (χ3n) is 4.89. The van der Waals surface area contributed by atoms with Crippen LogP contribution in [0.25, 0.3) is 43.8 Å². The summed E-state index contributed by atoms with van der Waals surface area (Å²) in [6, 6.07) is 26.0. The minimum Gasteiger partial charge on any atom is -0.456 e. The largest absolute Gasteiger partial charge is 0.489 e. The highest BCUT2D eigenvalue weighted by molar-refractivity contribution is 6.62.